The molecule has 0 N–H and O–H groups in total. The normalized spacial score (nSPS) is 20.2. The Hall–Kier alpha value is -3.81. The number of hydrogen-bond acceptors (Lipinski definition) is 8. The molecule has 1 heterocycles. The van der Waals surface area contributed by atoms with E-state index in [1.807, 2.05) is 57.2 Å². The number of rotatable bonds is 12. The zero-order valence-electron chi connectivity index (χ0n) is 25.0. The molecule has 2 aromatic rings. The van der Waals surface area contributed by atoms with Gasteiger partial charge in [-0.15, -0.1) is 0 Å². The Morgan fingerprint density at radius 1 is 0.854 bits per heavy atom. The number of Topliss-reactive ketones (excluding diaryl/α,β-unsaturated/α-hetero) is 1. The van der Waals surface area contributed by atoms with Gasteiger partial charge in [0, 0.05) is 29.3 Å². The molecule has 0 spiro atoms. The summed E-state index contributed by atoms with van der Waals surface area (Å²) in [6.07, 6.45) is 3.41. The first-order valence-electron chi connectivity index (χ1n) is 14.4. The molecule has 8 nitrogen and oxygen atoms in total. The SMILES string of the molecule is CCCCOC(=O)C1C(C)=NC2=C(C(=O)C[C@H](c3ccc(OC)c(OC)c3)C2)[C@@H]1c1ccc(OCCC)c(OC)c1. The van der Waals surface area contributed by atoms with Crippen LogP contribution >= 0.6 is 0 Å². The number of nitrogens with zero attached hydrogens (tertiary/aromatic N) is 1. The summed E-state index contributed by atoms with van der Waals surface area (Å²) in [5, 5.41) is 0. The van der Waals surface area contributed by atoms with Crippen LogP contribution in [0, 0.1) is 5.92 Å². The fourth-order valence-corrected chi connectivity index (χ4v) is 5.68. The Kier molecular flexibility index (Phi) is 10.1. The zero-order valence-corrected chi connectivity index (χ0v) is 25.0. The van der Waals surface area contributed by atoms with Gasteiger partial charge in [-0.05, 0) is 67.5 Å². The summed E-state index contributed by atoms with van der Waals surface area (Å²) >= 11 is 0. The number of aliphatic imine (C=N–C) groups is 1. The number of methoxy groups -OCH3 is 3. The van der Waals surface area contributed by atoms with E-state index >= 15 is 0 Å². The second-order valence-corrected chi connectivity index (χ2v) is 10.5. The molecule has 8 heteroatoms. The van der Waals surface area contributed by atoms with Gasteiger partial charge in [0.1, 0.15) is 5.92 Å². The maximum Gasteiger partial charge on any atom is 0.315 e. The minimum Gasteiger partial charge on any atom is -0.493 e. The molecule has 1 unspecified atom stereocenters. The maximum atomic E-state index is 14.0. The third kappa shape index (κ3) is 6.42. The van der Waals surface area contributed by atoms with E-state index in [0.29, 0.717) is 66.0 Å². The lowest BCUT2D eigenvalue weighted by Gasteiger charge is -2.36. The number of hydrogen-bond donors (Lipinski definition) is 0. The molecule has 1 aliphatic carbocycles. The van der Waals surface area contributed by atoms with Crippen LogP contribution in [-0.2, 0) is 14.3 Å². The first-order chi connectivity index (χ1) is 19.9. The van der Waals surface area contributed by atoms with Gasteiger partial charge in [0.05, 0.1) is 34.5 Å². The van der Waals surface area contributed by atoms with Crippen LogP contribution in [-0.4, -0.2) is 52.0 Å². The molecule has 0 saturated heterocycles. The van der Waals surface area contributed by atoms with Gasteiger partial charge < -0.3 is 23.7 Å². The Morgan fingerprint density at radius 3 is 2.20 bits per heavy atom. The maximum absolute atomic E-state index is 14.0. The van der Waals surface area contributed by atoms with Gasteiger partial charge in [-0.1, -0.05) is 32.4 Å². The molecule has 0 radical (unpaired) electrons. The van der Waals surface area contributed by atoms with Crippen molar-refractivity contribution in [1.82, 2.24) is 0 Å². The highest BCUT2D eigenvalue weighted by Crippen LogP contribution is 2.48. The second-order valence-electron chi connectivity index (χ2n) is 10.5. The lowest BCUT2D eigenvalue weighted by molar-refractivity contribution is -0.146. The van der Waals surface area contributed by atoms with Crippen molar-refractivity contribution < 1.29 is 33.3 Å². The Balaban J connectivity index is 1.77. The van der Waals surface area contributed by atoms with Crippen molar-refractivity contribution in [2.75, 3.05) is 34.5 Å². The van der Waals surface area contributed by atoms with Crippen molar-refractivity contribution in [2.45, 2.75) is 64.7 Å². The van der Waals surface area contributed by atoms with Crippen molar-refractivity contribution in [2.24, 2.45) is 10.9 Å². The highest BCUT2D eigenvalue weighted by atomic mass is 16.5. The second kappa shape index (κ2) is 13.7. The van der Waals surface area contributed by atoms with Gasteiger partial charge in [-0.25, -0.2) is 0 Å². The number of esters is 1. The van der Waals surface area contributed by atoms with E-state index in [9.17, 15) is 9.59 Å². The van der Waals surface area contributed by atoms with Crippen molar-refractivity contribution in [3.8, 4) is 23.0 Å². The van der Waals surface area contributed by atoms with Crippen molar-refractivity contribution in [3.05, 3.63) is 58.8 Å². The highest BCUT2D eigenvalue weighted by Gasteiger charge is 2.45. The predicted molar refractivity (Wildman–Crippen MR) is 158 cm³/mol. The number of ether oxygens (including phenoxy) is 5. The van der Waals surface area contributed by atoms with Gasteiger partial charge >= 0.3 is 5.97 Å². The van der Waals surface area contributed by atoms with E-state index in [2.05, 4.69) is 0 Å². The third-order valence-electron chi connectivity index (χ3n) is 7.77. The van der Waals surface area contributed by atoms with E-state index in [4.69, 9.17) is 28.7 Å². The summed E-state index contributed by atoms with van der Waals surface area (Å²) in [6, 6.07) is 11.4. The van der Waals surface area contributed by atoms with Crippen LogP contribution in [0.5, 0.6) is 23.0 Å². The van der Waals surface area contributed by atoms with Gasteiger partial charge in [-0.2, -0.15) is 0 Å². The number of benzene rings is 2. The summed E-state index contributed by atoms with van der Waals surface area (Å²) < 4.78 is 28.1. The quantitative estimate of drug-likeness (QED) is 0.217. The third-order valence-corrected chi connectivity index (χ3v) is 7.77. The topological polar surface area (TPSA) is 92.7 Å². The number of carbonyl (C=O) groups is 2. The molecule has 2 aliphatic rings. The Morgan fingerprint density at radius 2 is 1.51 bits per heavy atom. The number of carbonyl (C=O) groups excluding carboxylic acids is 2. The van der Waals surface area contributed by atoms with E-state index in [1.165, 1.54) is 0 Å². The number of unbranched alkanes of at least 4 members (excludes halogenated alkanes) is 1. The first-order valence-corrected chi connectivity index (χ1v) is 14.4. The van der Waals surface area contributed by atoms with E-state index < -0.39 is 11.8 Å². The number of ketones is 1. The average molecular weight is 564 g/mol. The fraction of sp³-hybridized carbons (Fsp3) is 0.485. The molecule has 0 amide bonds. The van der Waals surface area contributed by atoms with Gasteiger partial charge in [-0.3, -0.25) is 14.6 Å². The molecule has 0 saturated carbocycles. The zero-order chi connectivity index (χ0) is 29.5. The standard InChI is InChI=1S/C33H41NO7/c1-7-9-15-41-33(36)30-20(3)34-24-16-23(21-10-12-26(37-4)28(18-21)38-5)17-25(35)32(24)31(30)22-11-13-27(40-14-8-2)29(19-22)39-6/h10-13,18-19,23,30-31H,7-9,14-17H2,1-6H3/t23-,30?,31-/m1/s1. The molecule has 4 rings (SSSR count). The molecule has 3 atom stereocenters. The molecule has 1 aliphatic heterocycles. The fourth-order valence-electron chi connectivity index (χ4n) is 5.68. The van der Waals surface area contributed by atoms with Crippen molar-refractivity contribution in [3.63, 3.8) is 0 Å². The van der Waals surface area contributed by atoms with Gasteiger partial charge in [0.15, 0.2) is 28.8 Å². The van der Waals surface area contributed by atoms with Crippen LogP contribution in [0.2, 0.25) is 0 Å². The summed E-state index contributed by atoms with van der Waals surface area (Å²) in [5.74, 6) is 0.720. The van der Waals surface area contributed by atoms with Crippen LogP contribution in [0.25, 0.3) is 0 Å². The molecule has 0 bridgehead atoms. The molecular weight excluding hydrogens is 522 g/mol. The van der Waals surface area contributed by atoms with Crippen molar-refractivity contribution >= 4 is 17.5 Å². The Bertz CT molecular complexity index is 1330. The molecule has 0 fully saturated rings. The lowest BCUT2D eigenvalue weighted by atomic mass is 9.69. The smallest absolute Gasteiger partial charge is 0.315 e. The summed E-state index contributed by atoms with van der Waals surface area (Å²) in [6.45, 7) is 6.83. The van der Waals surface area contributed by atoms with E-state index in [0.717, 1.165) is 30.4 Å². The van der Waals surface area contributed by atoms with Crippen LogP contribution in [0.3, 0.4) is 0 Å². The molecule has 41 heavy (non-hydrogen) atoms. The molecular formula is C33H41NO7. The first kappa shape index (κ1) is 30.2. The van der Waals surface area contributed by atoms with Crippen LogP contribution in [0.15, 0.2) is 52.7 Å². The minimum absolute atomic E-state index is 0.0241. The lowest BCUT2D eigenvalue weighted by Crippen LogP contribution is -2.38. The summed E-state index contributed by atoms with van der Waals surface area (Å²) in [4.78, 5) is 32.4. The predicted octanol–water partition coefficient (Wildman–Crippen LogP) is 6.42. The van der Waals surface area contributed by atoms with Gasteiger partial charge in [0.2, 0.25) is 0 Å². The van der Waals surface area contributed by atoms with Crippen LogP contribution in [0.4, 0.5) is 0 Å². The Labute approximate surface area is 242 Å². The number of allylic oxidation sites excluding steroid dienone is 2. The van der Waals surface area contributed by atoms with E-state index in [1.54, 1.807) is 21.3 Å². The summed E-state index contributed by atoms with van der Waals surface area (Å²) in [5.41, 5.74) is 3.71. The highest BCUT2D eigenvalue weighted by molar-refractivity contribution is 6.09. The largest absolute Gasteiger partial charge is 0.493 e. The van der Waals surface area contributed by atoms with Crippen LogP contribution < -0.4 is 18.9 Å². The molecule has 220 valence electrons. The monoisotopic (exact) mass is 563 g/mol. The molecule has 2 aromatic carbocycles. The van der Waals surface area contributed by atoms with Gasteiger partial charge in [0.25, 0.3) is 0 Å². The molecule has 0 aromatic heterocycles. The minimum atomic E-state index is -0.709. The summed E-state index contributed by atoms with van der Waals surface area (Å²) in [7, 11) is 4.78. The van der Waals surface area contributed by atoms with Crippen molar-refractivity contribution in [1.29, 1.82) is 0 Å². The van der Waals surface area contributed by atoms with Crippen LogP contribution in [0.1, 0.15) is 75.8 Å². The van der Waals surface area contributed by atoms with E-state index in [-0.39, 0.29) is 17.7 Å². The average Bonchev–Trinajstić information content (AvgIpc) is 2.98.